The molecule has 1 aromatic heterocycles. The van der Waals surface area contributed by atoms with Crippen molar-refractivity contribution < 1.29 is 9.18 Å². The number of hydrogen-bond acceptors (Lipinski definition) is 3. The molecule has 4 nitrogen and oxygen atoms in total. The summed E-state index contributed by atoms with van der Waals surface area (Å²) < 4.78 is 13.5. The summed E-state index contributed by atoms with van der Waals surface area (Å²) in [5.41, 5.74) is 1.72. The van der Waals surface area contributed by atoms with Crippen molar-refractivity contribution in [2.45, 2.75) is 20.4 Å². The fourth-order valence-electron chi connectivity index (χ4n) is 1.99. The average molecular weight is 287 g/mol. The lowest BCUT2D eigenvalue weighted by molar-refractivity contribution is 0.0950. The molecular formula is C16H18FN3O. The van der Waals surface area contributed by atoms with Crippen LogP contribution in [0.2, 0.25) is 0 Å². The van der Waals surface area contributed by atoms with Crippen molar-refractivity contribution in [1.82, 2.24) is 10.3 Å². The van der Waals surface area contributed by atoms with E-state index in [9.17, 15) is 9.18 Å². The lowest BCUT2D eigenvalue weighted by Crippen LogP contribution is -2.23. The van der Waals surface area contributed by atoms with E-state index in [0.717, 1.165) is 12.2 Å². The first kappa shape index (κ1) is 15.0. The van der Waals surface area contributed by atoms with E-state index in [1.165, 1.54) is 6.07 Å². The van der Waals surface area contributed by atoms with Crippen molar-refractivity contribution in [2.75, 3.05) is 11.9 Å². The minimum Gasteiger partial charge on any atom is -0.370 e. The van der Waals surface area contributed by atoms with E-state index in [0.29, 0.717) is 16.9 Å². The quantitative estimate of drug-likeness (QED) is 0.889. The van der Waals surface area contributed by atoms with Gasteiger partial charge in [0.25, 0.3) is 5.91 Å². The van der Waals surface area contributed by atoms with Gasteiger partial charge < -0.3 is 10.6 Å². The number of aryl methyl sites for hydroxylation is 1. The SMILES string of the molecule is CCNc1cc(C(=O)NCc2ccccc2F)cc(C)n1. The van der Waals surface area contributed by atoms with Crippen molar-refractivity contribution in [3.8, 4) is 0 Å². The normalized spacial score (nSPS) is 10.2. The van der Waals surface area contributed by atoms with Gasteiger partial charge in [-0.3, -0.25) is 4.79 Å². The van der Waals surface area contributed by atoms with Crippen LogP contribution < -0.4 is 10.6 Å². The summed E-state index contributed by atoms with van der Waals surface area (Å²) in [4.78, 5) is 16.4. The number of aromatic nitrogens is 1. The van der Waals surface area contributed by atoms with Crippen LogP contribution in [0.3, 0.4) is 0 Å². The average Bonchev–Trinajstić information content (AvgIpc) is 2.46. The molecule has 0 atom stereocenters. The second kappa shape index (κ2) is 6.83. The molecule has 0 fully saturated rings. The number of halogens is 1. The first-order chi connectivity index (χ1) is 10.1. The smallest absolute Gasteiger partial charge is 0.251 e. The summed E-state index contributed by atoms with van der Waals surface area (Å²) in [6.07, 6.45) is 0. The summed E-state index contributed by atoms with van der Waals surface area (Å²) in [5, 5.41) is 5.79. The van der Waals surface area contributed by atoms with Crippen LogP contribution in [0, 0.1) is 12.7 Å². The van der Waals surface area contributed by atoms with E-state index < -0.39 is 0 Å². The third-order valence-electron chi connectivity index (χ3n) is 2.97. The maximum absolute atomic E-state index is 13.5. The highest BCUT2D eigenvalue weighted by molar-refractivity contribution is 5.94. The Morgan fingerprint density at radius 3 is 2.76 bits per heavy atom. The van der Waals surface area contributed by atoms with Crippen LogP contribution in [0.1, 0.15) is 28.5 Å². The molecule has 1 aromatic carbocycles. The molecular weight excluding hydrogens is 269 g/mol. The number of pyridine rings is 1. The summed E-state index contributed by atoms with van der Waals surface area (Å²) in [6, 6.07) is 9.78. The van der Waals surface area contributed by atoms with Crippen LogP contribution in [0.4, 0.5) is 10.2 Å². The van der Waals surface area contributed by atoms with Gasteiger partial charge in [0.2, 0.25) is 0 Å². The number of amides is 1. The van der Waals surface area contributed by atoms with Gasteiger partial charge >= 0.3 is 0 Å². The van der Waals surface area contributed by atoms with Crippen LogP contribution >= 0.6 is 0 Å². The first-order valence-corrected chi connectivity index (χ1v) is 6.84. The van der Waals surface area contributed by atoms with Crippen molar-refractivity contribution in [1.29, 1.82) is 0 Å². The van der Waals surface area contributed by atoms with Crippen molar-refractivity contribution in [3.63, 3.8) is 0 Å². The van der Waals surface area contributed by atoms with E-state index in [4.69, 9.17) is 0 Å². The van der Waals surface area contributed by atoms with Gasteiger partial charge in [-0.1, -0.05) is 18.2 Å². The third-order valence-corrected chi connectivity index (χ3v) is 2.97. The molecule has 0 aliphatic rings. The molecule has 0 bridgehead atoms. The highest BCUT2D eigenvalue weighted by atomic mass is 19.1. The monoisotopic (exact) mass is 287 g/mol. The van der Waals surface area contributed by atoms with Gasteiger partial charge in [0.15, 0.2) is 0 Å². The molecule has 110 valence electrons. The molecule has 0 radical (unpaired) electrons. The van der Waals surface area contributed by atoms with E-state index in [1.54, 1.807) is 30.3 Å². The van der Waals surface area contributed by atoms with Gasteiger partial charge in [0.05, 0.1) is 0 Å². The molecule has 0 saturated carbocycles. The Morgan fingerprint density at radius 1 is 1.29 bits per heavy atom. The predicted molar refractivity (Wildman–Crippen MR) is 80.7 cm³/mol. The largest absolute Gasteiger partial charge is 0.370 e. The summed E-state index contributed by atoms with van der Waals surface area (Å²) in [6.45, 7) is 4.67. The maximum atomic E-state index is 13.5. The predicted octanol–water partition coefficient (Wildman–Crippen LogP) is 2.89. The molecule has 0 spiro atoms. The Hall–Kier alpha value is -2.43. The van der Waals surface area contributed by atoms with Gasteiger partial charge in [-0.2, -0.15) is 0 Å². The zero-order chi connectivity index (χ0) is 15.2. The maximum Gasteiger partial charge on any atom is 0.251 e. The summed E-state index contributed by atoms with van der Waals surface area (Å²) >= 11 is 0. The fraction of sp³-hybridized carbons (Fsp3) is 0.250. The van der Waals surface area contributed by atoms with Gasteiger partial charge in [-0.25, -0.2) is 9.37 Å². The number of carbonyl (C=O) groups excluding carboxylic acids is 1. The standard InChI is InChI=1S/C16H18FN3O/c1-3-18-15-9-13(8-11(2)20-15)16(21)19-10-12-6-4-5-7-14(12)17/h4-9H,3,10H2,1-2H3,(H,18,20)(H,19,21). The second-order valence-corrected chi connectivity index (χ2v) is 4.69. The van der Waals surface area contributed by atoms with Crippen LogP contribution in [-0.4, -0.2) is 17.4 Å². The second-order valence-electron chi connectivity index (χ2n) is 4.69. The van der Waals surface area contributed by atoms with Crippen molar-refractivity contribution in [3.05, 3.63) is 59.0 Å². The summed E-state index contributed by atoms with van der Waals surface area (Å²) in [7, 11) is 0. The molecule has 2 N–H and O–H groups in total. The van der Waals surface area contributed by atoms with Gasteiger partial charge in [-0.05, 0) is 32.0 Å². The Labute approximate surface area is 123 Å². The zero-order valence-electron chi connectivity index (χ0n) is 12.1. The van der Waals surface area contributed by atoms with E-state index >= 15 is 0 Å². The van der Waals surface area contributed by atoms with Gasteiger partial charge in [-0.15, -0.1) is 0 Å². The minimum atomic E-state index is -0.322. The van der Waals surface area contributed by atoms with E-state index in [-0.39, 0.29) is 18.3 Å². The third kappa shape index (κ3) is 4.02. The molecule has 1 heterocycles. The fourth-order valence-corrected chi connectivity index (χ4v) is 1.99. The van der Waals surface area contributed by atoms with Crippen LogP contribution in [0.15, 0.2) is 36.4 Å². The number of nitrogens with one attached hydrogen (secondary N) is 2. The minimum absolute atomic E-state index is 0.156. The number of carbonyl (C=O) groups is 1. The summed E-state index contributed by atoms with van der Waals surface area (Å²) in [5.74, 6) is 0.0912. The molecule has 2 aromatic rings. The molecule has 0 aliphatic carbocycles. The van der Waals surface area contributed by atoms with Crippen LogP contribution in [-0.2, 0) is 6.54 Å². The molecule has 0 saturated heterocycles. The number of anilines is 1. The highest BCUT2D eigenvalue weighted by Crippen LogP contribution is 2.11. The first-order valence-electron chi connectivity index (χ1n) is 6.84. The molecule has 2 rings (SSSR count). The van der Waals surface area contributed by atoms with E-state index in [2.05, 4.69) is 15.6 Å². The molecule has 21 heavy (non-hydrogen) atoms. The Morgan fingerprint density at radius 2 is 2.05 bits per heavy atom. The Bertz CT molecular complexity index is 643. The van der Waals surface area contributed by atoms with Gasteiger partial charge in [0, 0.05) is 29.9 Å². The number of nitrogens with zero attached hydrogens (tertiary/aromatic N) is 1. The number of benzene rings is 1. The van der Waals surface area contributed by atoms with Crippen LogP contribution in [0.5, 0.6) is 0 Å². The molecule has 5 heteroatoms. The van der Waals surface area contributed by atoms with E-state index in [1.807, 2.05) is 13.8 Å². The molecule has 1 amide bonds. The lowest BCUT2D eigenvalue weighted by atomic mass is 10.2. The highest BCUT2D eigenvalue weighted by Gasteiger charge is 2.09. The molecule has 0 aliphatic heterocycles. The number of hydrogen-bond donors (Lipinski definition) is 2. The van der Waals surface area contributed by atoms with Crippen molar-refractivity contribution >= 4 is 11.7 Å². The topological polar surface area (TPSA) is 54.0 Å². The number of rotatable bonds is 5. The van der Waals surface area contributed by atoms with Crippen molar-refractivity contribution in [2.24, 2.45) is 0 Å². The molecule has 0 unspecified atom stereocenters. The van der Waals surface area contributed by atoms with Gasteiger partial charge in [0.1, 0.15) is 11.6 Å². The Kier molecular flexibility index (Phi) is 4.87. The van der Waals surface area contributed by atoms with Crippen LogP contribution in [0.25, 0.3) is 0 Å². The zero-order valence-corrected chi connectivity index (χ0v) is 12.1. The Balaban J connectivity index is 2.08. The lowest BCUT2D eigenvalue weighted by Gasteiger charge is -2.09.